The molecular weight excluding hydrogens is 280 g/mol. The number of hydrazine groups is 1. The molecule has 1 aromatic heterocycles. The minimum Gasteiger partial charge on any atom is -0.297 e. The van der Waals surface area contributed by atoms with Gasteiger partial charge in [-0.2, -0.15) is 11.8 Å². The predicted molar refractivity (Wildman–Crippen MR) is 80.2 cm³/mol. The zero-order valence-electron chi connectivity index (χ0n) is 11.3. The van der Waals surface area contributed by atoms with Crippen LogP contribution in [-0.4, -0.2) is 39.4 Å². The van der Waals surface area contributed by atoms with Gasteiger partial charge in [-0.25, -0.2) is 10.8 Å². The van der Waals surface area contributed by atoms with Crippen LogP contribution in [0.2, 0.25) is 0 Å². The van der Waals surface area contributed by atoms with Crippen LogP contribution in [-0.2, 0) is 6.54 Å². The van der Waals surface area contributed by atoms with Crippen LogP contribution in [0.5, 0.6) is 0 Å². The van der Waals surface area contributed by atoms with E-state index in [1.54, 1.807) is 0 Å². The Morgan fingerprint density at radius 1 is 1.58 bits per heavy atom. The van der Waals surface area contributed by atoms with Crippen LogP contribution in [0.3, 0.4) is 0 Å². The summed E-state index contributed by atoms with van der Waals surface area (Å²) >= 11 is 3.37. The van der Waals surface area contributed by atoms with Crippen LogP contribution < -0.4 is 11.3 Å². The average molecular weight is 300 g/mol. The van der Waals surface area contributed by atoms with E-state index >= 15 is 0 Å². The Labute approximate surface area is 121 Å². The Kier molecular flexibility index (Phi) is 4.83. The molecule has 1 aliphatic heterocycles. The standard InChI is InChI=1S/C12H20N4OS2/c1-12(2)3-4-16(5-6-19-12)7-9-8-18-11(14-9)10(17)15-13/h8H,3-7,13H2,1-2H3,(H,15,17). The summed E-state index contributed by atoms with van der Waals surface area (Å²) in [5.74, 6) is 5.93. The number of rotatable bonds is 3. The van der Waals surface area contributed by atoms with Crippen LogP contribution in [0, 0.1) is 0 Å². The first kappa shape index (κ1) is 14.8. The number of thioether (sulfide) groups is 1. The highest BCUT2D eigenvalue weighted by Crippen LogP contribution is 2.31. The first-order valence-electron chi connectivity index (χ1n) is 6.32. The number of nitrogens with two attached hydrogens (primary N) is 1. The molecule has 0 unspecified atom stereocenters. The van der Waals surface area contributed by atoms with E-state index in [9.17, 15) is 4.79 Å². The van der Waals surface area contributed by atoms with Gasteiger partial charge < -0.3 is 0 Å². The van der Waals surface area contributed by atoms with E-state index in [0.29, 0.717) is 9.75 Å². The number of hydrogen-bond acceptors (Lipinski definition) is 6. The van der Waals surface area contributed by atoms with E-state index in [1.807, 2.05) is 17.1 Å². The van der Waals surface area contributed by atoms with Crippen molar-refractivity contribution in [2.24, 2.45) is 5.84 Å². The molecule has 0 bridgehead atoms. The number of carbonyl (C=O) groups excluding carboxylic acids is 1. The molecule has 3 N–H and O–H groups in total. The van der Waals surface area contributed by atoms with Crippen LogP contribution >= 0.6 is 23.1 Å². The summed E-state index contributed by atoms with van der Waals surface area (Å²) in [4.78, 5) is 18.1. The van der Waals surface area contributed by atoms with E-state index in [0.717, 1.165) is 31.1 Å². The maximum atomic E-state index is 11.4. The van der Waals surface area contributed by atoms with Gasteiger partial charge in [-0.05, 0) is 13.0 Å². The second kappa shape index (κ2) is 6.21. The number of nitrogen functional groups attached to an aromatic ring is 1. The lowest BCUT2D eigenvalue weighted by molar-refractivity contribution is 0.0953. The van der Waals surface area contributed by atoms with Crippen molar-refractivity contribution in [3.05, 3.63) is 16.1 Å². The maximum Gasteiger partial charge on any atom is 0.294 e. The Morgan fingerprint density at radius 2 is 2.37 bits per heavy atom. The largest absolute Gasteiger partial charge is 0.297 e. The second-order valence-corrected chi connectivity index (χ2v) is 7.91. The maximum absolute atomic E-state index is 11.4. The molecule has 106 valence electrons. The Hall–Kier alpha value is -0.630. The smallest absolute Gasteiger partial charge is 0.294 e. The van der Waals surface area contributed by atoms with Crippen LogP contribution in [0.4, 0.5) is 0 Å². The van der Waals surface area contributed by atoms with Crippen molar-refractivity contribution in [1.29, 1.82) is 0 Å². The molecule has 5 nitrogen and oxygen atoms in total. The van der Waals surface area contributed by atoms with E-state index in [2.05, 4.69) is 29.2 Å². The number of aromatic nitrogens is 1. The quantitative estimate of drug-likeness (QED) is 0.502. The third-order valence-electron chi connectivity index (χ3n) is 3.19. The summed E-state index contributed by atoms with van der Waals surface area (Å²) < 4.78 is 0.363. The minimum absolute atomic E-state index is 0.316. The van der Waals surface area contributed by atoms with Crippen molar-refractivity contribution in [3.63, 3.8) is 0 Å². The van der Waals surface area contributed by atoms with Crippen molar-refractivity contribution in [1.82, 2.24) is 15.3 Å². The predicted octanol–water partition coefficient (Wildman–Crippen LogP) is 1.46. The highest BCUT2D eigenvalue weighted by Gasteiger charge is 2.24. The minimum atomic E-state index is -0.316. The lowest BCUT2D eigenvalue weighted by Gasteiger charge is -2.22. The van der Waals surface area contributed by atoms with E-state index in [-0.39, 0.29) is 5.91 Å². The molecule has 1 fully saturated rings. The molecule has 2 rings (SSSR count). The van der Waals surface area contributed by atoms with Gasteiger partial charge in [0.15, 0.2) is 5.01 Å². The van der Waals surface area contributed by atoms with Gasteiger partial charge in [0.1, 0.15) is 0 Å². The van der Waals surface area contributed by atoms with E-state index < -0.39 is 0 Å². The lowest BCUT2D eigenvalue weighted by Crippen LogP contribution is -2.30. The normalized spacial score (nSPS) is 19.9. The van der Waals surface area contributed by atoms with Gasteiger partial charge >= 0.3 is 0 Å². The molecule has 1 aliphatic rings. The van der Waals surface area contributed by atoms with Crippen LogP contribution in [0.1, 0.15) is 35.8 Å². The highest BCUT2D eigenvalue weighted by molar-refractivity contribution is 8.00. The van der Waals surface area contributed by atoms with Crippen LogP contribution in [0.15, 0.2) is 5.38 Å². The molecule has 0 spiro atoms. The lowest BCUT2D eigenvalue weighted by atomic mass is 10.1. The van der Waals surface area contributed by atoms with Gasteiger partial charge in [-0.15, -0.1) is 11.3 Å². The van der Waals surface area contributed by atoms with Gasteiger partial charge in [0.2, 0.25) is 0 Å². The number of nitrogens with one attached hydrogen (secondary N) is 1. The third-order valence-corrected chi connectivity index (χ3v) is 5.46. The molecule has 0 atom stereocenters. The van der Waals surface area contributed by atoms with Crippen LogP contribution in [0.25, 0.3) is 0 Å². The number of hydrogen-bond donors (Lipinski definition) is 2. The Balaban J connectivity index is 1.94. The summed E-state index contributed by atoms with van der Waals surface area (Å²) in [7, 11) is 0. The zero-order valence-corrected chi connectivity index (χ0v) is 12.9. The molecule has 0 saturated carbocycles. The van der Waals surface area contributed by atoms with E-state index in [4.69, 9.17) is 5.84 Å². The van der Waals surface area contributed by atoms with Gasteiger partial charge in [0.25, 0.3) is 5.91 Å². The van der Waals surface area contributed by atoms with Crippen molar-refractivity contribution in [2.45, 2.75) is 31.6 Å². The van der Waals surface area contributed by atoms with Gasteiger partial charge in [0, 0.05) is 29.0 Å². The van der Waals surface area contributed by atoms with Crippen molar-refractivity contribution in [3.8, 4) is 0 Å². The van der Waals surface area contributed by atoms with E-state index in [1.165, 1.54) is 17.8 Å². The molecule has 0 radical (unpaired) electrons. The summed E-state index contributed by atoms with van der Waals surface area (Å²) in [5, 5.41) is 2.37. The van der Waals surface area contributed by atoms with Crippen molar-refractivity contribution in [2.75, 3.05) is 18.8 Å². The number of carbonyl (C=O) groups is 1. The molecule has 0 aromatic carbocycles. The number of thiazole rings is 1. The Bertz CT molecular complexity index is 447. The molecular formula is C12H20N4OS2. The fraction of sp³-hybridized carbons (Fsp3) is 0.667. The first-order chi connectivity index (χ1) is 9.00. The van der Waals surface area contributed by atoms with Gasteiger partial charge in [0.05, 0.1) is 5.69 Å². The number of amides is 1. The molecule has 1 saturated heterocycles. The third kappa shape index (κ3) is 4.17. The molecule has 1 aromatic rings. The summed E-state index contributed by atoms with van der Waals surface area (Å²) in [6, 6.07) is 0. The molecule has 1 amide bonds. The van der Waals surface area contributed by atoms with Gasteiger partial charge in [-0.1, -0.05) is 13.8 Å². The fourth-order valence-electron chi connectivity index (χ4n) is 2.00. The first-order valence-corrected chi connectivity index (χ1v) is 8.18. The van der Waals surface area contributed by atoms with Crippen molar-refractivity contribution >= 4 is 29.0 Å². The second-order valence-electron chi connectivity index (χ2n) is 5.25. The molecule has 0 aliphatic carbocycles. The Morgan fingerprint density at radius 3 is 3.11 bits per heavy atom. The summed E-state index contributed by atoms with van der Waals surface area (Å²) in [6.45, 7) is 7.56. The topological polar surface area (TPSA) is 71.2 Å². The van der Waals surface area contributed by atoms with Gasteiger partial charge in [-0.3, -0.25) is 15.1 Å². The zero-order chi connectivity index (χ0) is 13.9. The summed E-state index contributed by atoms with van der Waals surface area (Å²) in [6.07, 6.45) is 1.18. The molecule has 2 heterocycles. The highest BCUT2D eigenvalue weighted by atomic mass is 32.2. The number of nitrogens with zero attached hydrogens (tertiary/aromatic N) is 2. The summed E-state index contributed by atoms with van der Waals surface area (Å²) in [5.41, 5.74) is 3.06. The monoisotopic (exact) mass is 300 g/mol. The SMILES string of the molecule is CC1(C)CCN(Cc2csc(C(=O)NN)n2)CCS1. The molecule has 7 heteroatoms. The molecule has 19 heavy (non-hydrogen) atoms. The average Bonchev–Trinajstić information content (AvgIpc) is 2.76. The van der Waals surface area contributed by atoms with Crippen molar-refractivity contribution < 1.29 is 4.79 Å². The fourth-order valence-corrected chi connectivity index (χ4v) is 3.84.